The zero-order chi connectivity index (χ0) is 17.0. The van der Waals surface area contributed by atoms with E-state index in [0.29, 0.717) is 25.6 Å². The Labute approximate surface area is 137 Å². The maximum Gasteiger partial charge on any atom is 0.271 e. The maximum atomic E-state index is 12.6. The van der Waals surface area contributed by atoms with Crippen molar-refractivity contribution in [3.05, 3.63) is 51.8 Å². The molecular weight excluding hydrogens is 288 g/mol. The van der Waals surface area contributed by atoms with Crippen LogP contribution in [0.15, 0.2) is 35.1 Å². The summed E-state index contributed by atoms with van der Waals surface area (Å²) in [5, 5.41) is 4.56. The minimum atomic E-state index is -0.00488. The molecule has 2 rings (SSSR count). The highest BCUT2D eigenvalue weighted by atomic mass is 16.1. The minimum Gasteiger partial charge on any atom is -0.326 e. The number of benzene rings is 1. The lowest BCUT2D eigenvalue weighted by Crippen LogP contribution is -2.30. The van der Waals surface area contributed by atoms with Crippen molar-refractivity contribution >= 4 is 0 Å². The van der Waals surface area contributed by atoms with E-state index in [1.54, 1.807) is 4.68 Å². The van der Waals surface area contributed by atoms with Crippen molar-refractivity contribution in [3.8, 4) is 11.3 Å². The molecule has 1 heterocycles. The first-order valence-corrected chi connectivity index (χ1v) is 7.96. The summed E-state index contributed by atoms with van der Waals surface area (Å²) in [6.45, 7) is 5.92. The van der Waals surface area contributed by atoms with Crippen molar-refractivity contribution in [2.75, 3.05) is 14.1 Å². The quantitative estimate of drug-likeness (QED) is 0.887. The van der Waals surface area contributed by atoms with Crippen molar-refractivity contribution in [2.45, 2.75) is 33.5 Å². The molecule has 0 aliphatic carbocycles. The molecule has 1 aromatic heterocycles. The van der Waals surface area contributed by atoms with Gasteiger partial charge in [0.25, 0.3) is 5.56 Å². The average Bonchev–Trinajstić information content (AvgIpc) is 2.50. The lowest BCUT2D eigenvalue weighted by atomic mass is 10.1. The predicted molar refractivity (Wildman–Crippen MR) is 94.1 cm³/mol. The molecule has 0 amide bonds. The third kappa shape index (κ3) is 4.50. The minimum absolute atomic E-state index is 0.00488. The SMILES string of the molecule is CC(C)Cn1nc(-c2ccc(CN)cc2)cc(CN(C)C)c1=O. The highest BCUT2D eigenvalue weighted by Crippen LogP contribution is 2.18. The van der Waals surface area contributed by atoms with E-state index in [0.717, 1.165) is 22.4 Å². The molecule has 0 fully saturated rings. The predicted octanol–water partition coefficient (Wildman–Crippen LogP) is 2.09. The van der Waals surface area contributed by atoms with Gasteiger partial charge < -0.3 is 10.6 Å². The molecule has 0 spiro atoms. The molecule has 0 saturated carbocycles. The Morgan fingerprint density at radius 2 is 1.87 bits per heavy atom. The average molecular weight is 314 g/mol. The monoisotopic (exact) mass is 314 g/mol. The van der Waals surface area contributed by atoms with Crippen LogP contribution in [0.2, 0.25) is 0 Å². The Bertz CT molecular complexity index is 668. The Balaban J connectivity index is 2.50. The smallest absolute Gasteiger partial charge is 0.271 e. The molecule has 0 radical (unpaired) electrons. The summed E-state index contributed by atoms with van der Waals surface area (Å²) in [5.41, 5.74) is 9.32. The highest BCUT2D eigenvalue weighted by molar-refractivity contribution is 5.59. The van der Waals surface area contributed by atoms with Crippen LogP contribution >= 0.6 is 0 Å². The Morgan fingerprint density at radius 3 is 2.39 bits per heavy atom. The maximum absolute atomic E-state index is 12.6. The molecule has 2 N–H and O–H groups in total. The van der Waals surface area contributed by atoms with Gasteiger partial charge in [0, 0.05) is 30.8 Å². The van der Waals surface area contributed by atoms with Crippen LogP contribution in [0.1, 0.15) is 25.0 Å². The topological polar surface area (TPSA) is 64.2 Å². The van der Waals surface area contributed by atoms with E-state index in [9.17, 15) is 4.79 Å². The zero-order valence-electron chi connectivity index (χ0n) is 14.4. The largest absolute Gasteiger partial charge is 0.326 e. The van der Waals surface area contributed by atoms with Crippen molar-refractivity contribution in [3.63, 3.8) is 0 Å². The van der Waals surface area contributed by atoms with Gasteiger partial charge in [0.15, 0.2) is 0 Å². The fourth-order valence-electron chi connectivity index (χ4n) is 2.47. The van der Waals surface area contributed by atoms with Crippen LogP contribution in [0.5, 0.6) is 0 Å². The van der Waals surface area contributed by atoms with Crippen LogP contribution in [0.25, 0.3) is 11.3 Å². The normalized spacial score (nSPS) is 11.4. The first kappa shape index (κ1) is 17.4. The second-order valence-corrected chi connectivity index (χ2v) is 6.57. The molecule has 0 bridgehead atoms. The third-order valence-corrected chi connectivity index (χ3v) is 3.56. The van der Waals surface area contributed by atoms with Gasteiger partial charge in [-0.2, -0.15) is 5.10 Å². The molecule has 0 aliphatic heterocycles. The van der Waals surface area contributed by atoms with E-state index >= 15 is 0 Å². The van der Waals surface area contributed by atoms with E-state index in [1.165, 1.54) is 0 Å². The number of hydrogen-bond acceptors (Lipinski definition) is 4. The van der Waals surface area contributed by atoms with Gasteiger partial charge in [-0.1, -0.05) is 38.1 Å². The third-order valence-electron chi connectivity index (χ3n) is 3.56. The van der Waals surface area contributed by atoms with Gasteiger partial charge in [0.1, 0.15) is 0 Å². The van der Waals surface area contributed by atoms with Crippen LogP contribution in [-0.2, 0) is 19.6 Å². The Kier molecular flexibility index (Phi) is 5.69. The number of nitrogens with zero attached hydrogens (tertiary/aromatic N) is 3. The molecule has 0 aliphatic rings. The fraction of sp³-hybridized carbons (Fsp3) is 0.444. The summed E-state index contributed by atoms with van der Waals surface area (Å²) in [6.07, 6.45) is 0. The molecule has 5 nitrogen and oxygen atoms in total. The fourth-order valence-corrected chi connectivity index (χ4v) is 2.47. The molecule has 1 aromatic carbocycles. The lowest BCUT2D eigenvalue weighted by molar-refractivity contribution is 0.392. The van der Waals surface area contributed by atoms with Gasteiger partial charge in [0.05, 0.1) is 5.69 Å². The molecule has 2 aromatic rings. The van der Waals surface area contributed by atoms with Gasteiger partial charge in [-0.05, 0) is 31.6 Å². The van der Waals surface area contributed by atoms with Crippen molar-refractivity contribution < 1.29 is 0 Å². The van der Waals surface area contributed by atoms with E-state index < -0.39 is 0 Å². The molecule has 124 valence electrons. The van der Waals surface area contributed by atoms with Crippen molar-refractivity contribution in [1.82, 2.24) is 14.7 Å². The van der Waals surface area contributed by atoms with E-state index in [4.69, 9.17) is 5.73 Å². The summed E-state index contributed by atoms with van der Waals surface area (Å²) in [5.74, 6) is 0.363. The van der Waals surface area contributed by atoms with Gasteiger partial charge in [-0.25, -0.2) is 4.68 Å². The molecule has 0 atom stereocenters. The summed E-state index contributed by atoms with van der Waals surface area (Å²) in [7, 11) is 3.92. The number of aromatic nitrogens is 2. The summed E-state index contributed by atoms with van der Waals surface area (Å²) >= 11 is 0. The van der Waals surface area contributed by atoms with E-state index in [-0.39, 0.29) is 5.56 Å². The number of rotatable bonds is 6. The molecule has 0 saturated heterocycles. The van der Waals surface area contributed by atoms with Crippen LogP contribution in [-0.4, -0.2) is 28.8 Å². The second kappa shape index (κ2) is 7.53. The Hall–Kier alpha value is -1.98. The molecule has 5 heteroatoms. The van der Waals surface area contributed by atoms with E-state index in [1.807, 2.05) is 49.3 Å². The highest BCUT2D eigenvalue weighted by Gasteiger charge is 2.12. The second-order valence-electron chi connectivity index (χ2n) is 6.57. The van der Waals surface area contributed by atoms with Crippen LogP contribution < -0.4 is 11.3 Å². The first-order chi connectivity index (χ1) is 10.9. The number of hydrogen-bond donors (Lipinski definition) is 1. The van der Waals surface area contributed by atoms with Gasteiger partial charge in [-0.15, -0.1) is 0 Å². The van der Waals surface area contributed by atoms with Crippen molar-refractivity contribution in [2.24, 2.45) is 11.7 Å². The number of nitrogens with two attached hydrogens (primary N) is 1. The Morgan fingerprint density at radius 1 is 1.22 bits per heavy atom. The molecule has 23 heavy (non-hydrogen) atoms. The van der Waals surface area contributed by atoms with E-state index in [2.05, 4.69) is 18.9 Å². The van der Waals surface area contributed by atoms with Gasteiger partial charge in [-0.3, -0.25) is 4.79 Å². The van der Waals surface area contributed by atoms with Crippen LogP contribution in [0, 0.1) is 5.92 Å². The van der Waals surface area contributed by atoms with Gasteiger partial charge >= 0.3 is 0 Å². The zero-order valence-corrected chi connectivity index (χ0v) is 14.4. The molecular formula is C18H26N4O. The van der Waals surface area contributed by atoms with Gasteiger partial charge in [0.2, 0.25) is 0 Å². The van der Waals surface area contributed by atoms with Crippen LogP contribution in [0.3, 0.4) is 0 Å². The first-order valence-electron chi connectivity index (χ1n) is 7.96. The molecule has 0 unspecified atom stereocenters. The standard InChI is InChI=1S/C18H26N4O/c1-13(2)11-22-18(23)16(12-21(3)4)9-17(20-22)15-7-5-14(10-19)6-8-15/h5-9,13H,10-12,19H2,1-4H3. The van der Waals surface area contributed by atoms with Crippen LogP contribution in [0.4, 0.5) is 0 Å². The summed E-state index contributed by atoms with van der Waals surface area (Å²) in [6, 6.07) is 9.92. The summed E-state index contributed by atoms with van der Waals surface area (Å²) < 4.78 is 1.59. The van der Waals surface area contributed by atoms with Crippen molar-refractivity contribution in [1.29, 1.82) is 0 Å². The lowest BCUT2D eigenvalue weighted by Gasteiger charge is -2.15. The summed E-state index contributed by atoms with van der Waals surface area (Å²) in [4.78, 5) is 14.6.